The van der Waals surface area contributed by atoms with Gasteiger partial charge in [0.15, 0.2) is 17.5 Å². The summed E-state index contributed by atoms with van der Waals surface area (Å²) in [4.78, 5) is 15.3. The van der Waals surface area contributed by atoms with E-state index in [4.69, 9.17) is 15.0 Å². The minimum atomic E-state index is 0.650. The topological polar surface area (TPSA) is 38.7 Å². The Kier molecular flexibility index (Phi) is 10.4. The van der Waals surface area contributed by atoms with E-state index in [1.165, 1.54) is 64.9 Å². The summed E-state index contributed by atoms with van der Waals surface area (Å²) in [7, 11) is 0. The maximum atomic E-state index is 5.15. The van der Waals surface area contributed by atoms with Gasteiger partial charge in [-0.2, -0.15) is 0 Å². The lowest BCUT2D eigenvalue weighted by Gasteiger charge is -2.15. The molecule has 0 spiro atoms. The Hall–Kier alpha value is -8.57. The van der Waals surface area contributed by atoms with Crippen LogP contribution in [0.3, 0.4) is 0 Å². The molecule has 0 saturated heterocycles. The van der Waals surface area contributed by atoms with Gasteiger partial charge in [0.1, 0.15) is 0 Å². The maximum absolute atomic E-state index is 5.15. The molecule has 0 aliphatic heterocycles. The number of fused-ring (bicyclic) bond motifs is 3. The van der Waals surface area contributed by atoms with E-state index in [1.54, 1.807) is 11.3 Å². The van der Waals surface area contributed by atoms with E-state index in [1.807, 2.05) is 36.4 Å². The number of hydrogen-bond donors (Lipinski definition) is 0. The fourth-order valence-electron chi connectivity index (χ4n) is 9.24. The highest BCUT2D eigenvalue weighted by Gasteiger charge is 2.19. The summed E-state index contributed by atoms with van der Waals surface area (Å²) >= 11 is 1.80. The van der Waals surface area contributed by atoms with E-state index in [0.29, 0.717) is 17.5 Å². The first-order valence-electron chi connectivity index (χ1n) is 22.6. The molecule has 0 saturated carbocycles. The summed E-state index contributed by atoms with van der Waals surface area (Å²) in [5.41, 5.74) is 17.1. The largest absolute Gasteiger partial charge is 0.208 e. The van der Waals surface area contributed by atoms with Crippen LogP contribution in [-0.2, 0) is 0 Å². The third kappa shape index (κ3) is 7.80. The standard InChI is InChI=1S/C63H41N3S/c1-5-16-42(17-6-1)43-28-30-46(31-29-43)54-38-36-50(40-56(54)47-34-32-45(33-35-47)53-25-14-13-24-52(53)44-18-7-2-8-19-44)51-37-39-58-57(41-51)60-55(26-15-27-59(60)67-58)63-65-61(48-20-9-3-10-21-48)64-62(66-63)49-22-11-4-12-23-49/h1-41H. The van der Waals surface area contributed by atoms with Gasteiger partial charge < -0.3 is 0 Å². The zero-order chi connectivity index (χ0) is 44.5. The minimum Gasteiger partial charge on any atom is -0.208 e. The molecule has 0 unspecified atom stereocenters. The van der Waals surface area contributed by atoms with Gasteiger partial charge in [-0.25, -0.2) is 15.0 Å². The number of aromatic nitrogens is 3. The molecule has 0 radical (unpaired) electrons. The predicted octanol–water partition coefficient (Wildman–Crippen LogP) is 17.2. The Morgan fingerprint density at radius 3 is 1.19 bits per heavy atom. The monoisotopic (exact) mass is 871 g/mol. The lowest BCUT2D eigenvalue weighted by Crippen LogP contribution is -2.00. The Bertz CT molecular complexity index is 3640. The molecule has 0 aliphatic carbocycles. The first kappa shape index (κ1) is 40.0. The number of nitrogens with zero attached hydrogens (tertiary/aromatic N) is 3. The van der Waals surface area contributed by atoms with Gasteiger partial charge in [0.05, 0.1) is 0 Å². The van der Waals surface area contributed by atoms with Crippen molar-refractivity contribution < 1.29 is 0 Å². The molecule has 0 atom stereocenters. The van der Waals surface area contributed by atoms with Crippen LogP contribution in [0.4, 0.5) is 0 Å². The minimum absolute atomic E-state index is 0.650. The Morgan fingerprint density at radius 1 is 0.224 bits per heavy atom. The number of rotatable bonds is 9. The number of hydrogen-bond acceptors (Lipinski definition) is 4. The maximum Gasteiger partial charge on any atom is 0.164 e. The molecule has 67 heavy (non-hydrogen) atoms. The van der Waals surface area contributed by atoms with Gasteiger partial charge in [-0.15, -0.1) is 11.3 Å². The summed E-state index contributed by atoms with van der Waals surface area (Å²) in [5.74, 6) is 1.96. The van der Waals surface area contributed by atoms with Crippen molar-refractivity contribution in [2.24, 2.45) is 0 Å². The van der Waals surface area contributed by atoms with E-state index in [0.717, 1.165) is 38.8 Å². The first-order valence-corrected chi connectivity index (χ1v) is 23.4. The van der Waals surface area contributed by atoms with Crippen molar-refractivity contribution in [3.8, 4) is 101 Å². The second kappa shape index (κ2) is 17.4. The lowest BCUT2D eigenvalue weighted by atomic mass is 9.89. The molecule has 314 valence electrons. The van der Waals surface area contributed by atoms with Crippen molar-refractivity contribution in [1.29, 1.82) is 0 Å². The van der Waals surface area contributed by atoms with Crippen LogP contribution in [0.5, 0.6) is 0 Å². The van der Waals surface area contributed by atoms with Crippen molar-refractivity contribution in [3.05, 3.63) is 249 Å². The molecule has 12 aromatic rings. The smallest absolute Gasteiger partial charge is 0.164 e. The van der Waals surface area contributed by atoms with Gasteiger partial charge >= 0.3 is 0 Å². The molecule has 2 aromatic heterocycles. The van der Waals surface area contributed by atoms with Crippen molar-refractivity contribution in [2.75, 3.05) is 0 Å². The van der Waals surface area contributed by atoms with Crippen LogP contribution in [0.2, 0.25) is 0 Å². The molecule has 0 bridgehead atoms. The van der Waals surface area contributed by atoms with E-state index >= 15 is 0 Å². The van der Waals surface area contributed by atoms with Crippen LogP contribution in [0.1, 0.15) is 0 Å². The van der Waals surface area contributed by atoms with Crippen molar-refractivity contribution in [3.63, 3.8) is 0 Å². The zero-order valence-corrected chi connectivity index (χ0v) is 37.2. The Morgan fingerprint density at radius 2 is 0.612 bits per heavy atom. The molecule has 12 rings (SSSR count). The van der Waals surface area contributed by atoms with Crippen LogP contribution in [0.25, 0.3) is 121 Å². The molecule has 3 nitrogen and oxygen atoms in total. The predicted molar refractivity (Wildman–Crippen MR) is 282 cm³/mol. The molecule has 0 N–H and O–H groups in total. The number of benzene rings is 10. The molecule has 0 aliphatic rings. The fraction of sp³-hybridized carbons (Fsp3) is 0. The normalized spacial score (nSPS) is 11.3. The SMILES string of the molecule is c1ccc(-c2ccc(-c3ccc(-c4ccc5sc6cccc(-c7nc(-c8ccccc8)nc(-c8ccccc8)n7)c6c5c4)cc3-c3ccc(-c4ccccc4-c4ccccc4)cc3)cc2)cc1. The summed E-state index contributed by atoms with van der Waals surface area (Å²) in [6, 6.07) is 88.6. The molecule has 10 aromatic carbocycles. The van der Waals surface area contributed by atoms with Crippen LogP contribution in [0, 0.1) is 0 Å². The van der Waals surface area contributed by atoms with Gasteiger partial charge in [0.2, 0.25) is 0 Å². The first-order chi connectivity index (χ1) is 33.2. The average Bonchev–Trinajstić information content (AvgIpc) is 3.80. The molecule has 0 fully saturated rings. The fourth-order valence-corrected chi connectivity index (χ4v) is 10.4. The van der Waals surface area contributed by atoms with Gasteiger partial charge in [-0.3, -0.25) is 0 Å². The van der Waals surface area contributed by atoms with E-state index < -0.39 is 0 Å². The molecular formula is C63H41N3S. The highest BCUT2D eigenvalue weighted by molar-refractivity contribution is 7.26. The van der Waals surface area contributed by atoms with Gasteiger partial charge in [0, 0.05) is 36.9 Å². The van der Waals surface area contributed by atoms with E-state index in [-0.39, 0.29) is 0 Å². The van der Waals surface area contributed by atoms with Crippen LogP contribution in [0.15, 0.2) is 249 Å². The average molecular weight is 872 g/mol. The summed E-state index contributed by atoms with van der Waals surface area (Å²) < 4.78 is 2.41. The third-order valence-corrected chi connectivity index (χ3v) is 13.7. The quantitative estimate of drug-likeness (QED) is 0.145. The van der Waals surface area contributed by atoms with Gasteiger partial charge in [-0.1, -0.05) is 224 Å². The zero-order valence-electron chi connectivity index (χ0n) is 36.4. The van der Waals surface area contributed by atoms with Crippen LogP contribution in [-0.4, -0.2) is 15.0 Å². The van der Waals surface area contributed by atoms with Crippen LogP contribution >= 0.6 is 11.3 Å². The summed E-state index contributed by atoms with van der Waals surface area (Å²) in [6.45, 7) is 0. The molecular weight excluding hydrogens is 831 g/mol. The van der Waals surface area contributed by atoms with Crippen molar-refractivity contribution in [2.45, 2.75) is 0 Å². The third-order valence-electron chi connectivity index (χ3n) is 12.6. The second-order valence-electron chi connectivity index (χ2n) is 16.7. The van der Waals surface area contributed by atoms with Gasteiger partial charge in [0.25, 0.3) is 0 Å². The van der Waals surface area contributed by atoms with Crippen LogP contribution < -0.4 is 0 Å². The molecule has 0 amide bonds. The highest BCUT2D eigenvalue weighted by atomic mass is 32.1. The Labute approximate surface area is 394 Å². The van der Waals surface area contributed by atoms with E-state index in [9.17, 15) is 0 Å². The summed E-state index contributed by atoms with van der Waals surface area (Å²) in [6.07, 6.45) is 0. The molecule has 4 heteroatoms. The summed E-state index contributed by atoms with van der Waals surface area (Å²) in [5, 5.41) is 2.33. The Balaban J connectivity index is 0.986. The number of thiophene rings is 1. The van der Waals surface area contributed by atoms with Gasteiger partial charge in [-0.05, 0) is 91.0 Å². The van der Waals surface area contributed by atoms with Crippen molar-refractivity contribution in [1.82, 2.24) is 15.0 Å². The molecule has 2 heterocycles. The lowest BCUT2D eigenvalue weighted by molar-refractivity contribution is 1.08. The second-order valence-corrected chi connectivity index (χ2v) is 17.8. The van der Waals surface area contributed by atoms with Crippen molar-refractivity contribution >= 4 is 31.5 Å². The van der Waals surface area contributed by atoms with E-state index in [2.05, 4.69) is 212 Å². The highest BCUT2D eigenvalue weighted by Crippen LogP contribution is 2.43.